The summed E-state index contributed by atoms with van der Waals surface area (Å²) < 4.78 is 13.0. The number of nitrogens with one attached hydrogen (secondary N) is 1. The average Bonchev–Trinajstić information content (AvgIpc) is 2.71. The maximum absolute atomic E-state index is 13.0. The van der Waals surface area contributed by atoms with Gasteiger partial charge in [-0.2, -0.15) is 5.10 Å². The summed E-state index contributed by atoms with van der Waals surface area (Å²) in [5.41, 5.74) is 2.41. The third kappa shape index (κ3) is 3.88. The number of amides is 2. The molecule has 140 valence electrons. The Kier molecular flexibility index (Phi) is 4.80. The molecule has 28 heavy (non-hydrogen) atoms. The van der Waals surface area contributed by atoms with Gasteiger partial charge in [0.25, 0.3) is 5.91 Å². The molecule has 1 aliphatic rings. The molecule has 0 aliphatic carbocycles. The van der Waals surface area contributed by atoms with Crippen molar-refractivity contribution < 1.29 is 14.0 Å². The monoisotopic (exact) mass is 376 g/mol. The summed E-state index contributed by atoms with van der Waals surface area (Å²) >= 11 is 0. The fraction of sp³-hybridized carbons (Fsp3) is 0.143. The molecule has 0 unspecified atom stereocenters. The number of hydrogen-bond acceptors (Lipinski definition) is 4. The number of rotatable bonds is 4. The van der Waals surface area contributed by atoms with Crippen LogP contribution in [-0.2, 0) is 16.1 Å². The van der Waals surface area contributed by atoms with Crippen molar-refractivity contribution in [2.45, 2.75) is 19.4 Å². The summed E-state index contributed by atoms with van der Waals surface area (Å²) in [6, 6.07) is 15.3. The van der Waals surface area contributed by atoms with E-state index >= 15 is 0 Å². The Balaban J connectivity index is 1.50. The number of benzene rings is 2. The van der Waals surface area contributed by atoms with Gasteiger partial charge in [-0.25, -0.2) is 9.40 Å². The van der Waals surface area contributed by atoms with Crippen LogP contribution < -0.4 is 5.32 Å². The van der Waals surface area contributed by atoms with Gasteiger partial charge in [0.2, 0.25) is 5.91 Å². The molecule has 3 aromatic rings. The van der Waals surface area contributed by atoms with E-state index in [1.807, 2.05) is 30.3 Å². The third-order valence-corrected chi connectivity index (χ3v) is 4.46. The predicted octanol–water partition coefficient (Wildman–Crippen LogP) is 3.49. The predicted molar refractivity (Wildman–Crippen MR) is 104 cm³/mol. The van der Waals surface area contributed by atoms with Crippen LogP contribution in [0.25, 0.3) is 10.9 Å². The van der Waals surface area contributed by atoms with E-state index < -0.39 is 0 Å². The van der Waals surface area contributed by atoms with E-state index in [0.29, 0.717) is 5.69 Å². The Bertz CT molecular complexity index is 1080. The van der Waals surface area contributed by atoms with Gasteiger partial charge in [0.1, 0.15) is 11.5 Å². The molecule has 2 aromatic carbocycles. The first-order chi connectivity index (χ1) is 13.6. The smallest absolute Gasteiger partial charge is 0.271 e. The maximum Gasteiger partial charge on any atom is 0.271 e. The SMILES string of the molecule is O=C(Nc1cnc2ccccc2c1)C1=NN(Cc2ccc(F)cc2)C(=O)CC1. The quantitative estimate of drug-likeness (QED) is 0.757. The molecule has 6 nitrogen and oxygen atoms in total. The van der Waals surface area contributed by atoms with Crippen molar-refractivity contribution in [2.75, 3.05) is 5.32 Å². The van der Waals surface area contributed by atoms with Gasteiger partial charge >= 0.3 is 0 Å². The molecule has 0 fully saturated rings. The maximum atomic E-state index is 13.0. The van der Waals surface area contributed by atoms with Crippen molar-refractivity contribution in [2.24, 2.45) is 5.10 Å². The molecule has 4 rings (SSSR count). The molecule has 0 bridgehead atoms. The zero-order valence-electron chi connectivity index (χ0n) is 14.9. The van der Waals surface area contributed by atoms with Crippen LogP contribution in [0, 0.1) is 5.82 Å². The van der Waals surface area contributed by atoms with Crippen LogP contribution in [0.4, 0.5) is 10.1 Å². The highest BCUT2D eigenvalue weighted by atomic mass is 19.1. The summed E-state index contributed by atoms with van der Waals surface area (Å²) in [4.78, 5) is 29.1. The van der Waals surface area contributed by atoms with E-state index in [4.69, 9.17) is 0 Å². The Morgan fingerprint density at radius 1 is 1.11 bits per heavy atom. The van der Waals surface area contributed by atoms with Gasteiger partial charge in [-0.15, -0.1) is 0 Å². The molecule has 0 saturated heterocycles. The van der Waals surface area contributed by atoms with Gasteiger partial charge in [0, 0.05) is 18.2 Å². The lowest BCUT2D eigenvalue weighted by Gasteiger charge is -2.23. The number of nitrogens with zero attached hydrogens (tertiary/aromatic N) is 3. The fourth-order valence-corrected chi connectivity index (χ4v) is 2.99. The minimum Gasteiger partial charge on any atom is -0.319 e. The summed E-state index contributed by atoms with van der Waals surface area (Å²) in [5, 5.41) is 9.17. The highest BCUT2D eigenvalue weighted by Gasteiger charge is 2.24. The standard InChI is InChI=1S/C21H17FN4O2/c22-16-7-5-14(6-8-16)13-26-20(27)10-9-19(25-26)21(28)24-17-11-15-3-1-2-4-18(15)23-12-17/h1-8,11-12H,9-10,13H2,(H,24,28). The van der Waals surface area contributed by atoms with Crippen molar-refractivity contribution in [1.82, 2.24) is 9.99 Å². The second-order valence-electron chi connectivity index (χ2n) is 6.50. The van der Waals surface area contributed by atoms with Crippen LogP contribution in [-0.4, -0.2) is 27.5 Å². The molecule has 0 spiro atoms. The number of carbonyl (C=O) groups is 2. The van der Waals surface area contributed by atoms with Crippen molar-refractivity contribution in [3.8, 4) is 0 Å². The van der Waals surface area contributed by atoms with E-state index in [-0.39, 0.29) is 42.7 Å². The number of para-hydroxylation sites is 1. The third-order valence-electron chi connectivity index (χ3n) is 4.46. The summed E-state index contributed by atoms with van der Waals surface area (Å²) in [7, 11) is 0. The Morgan fingerprint density at radius 2 is 1.89 bits per heavy atom. The molecule has 1 aromatic heterocycles. The number of anilines is 1. The van der Waals surface area contributed by atoms with Gasteiger partial charge < -0.3 is 5.32 Å². The molecule has 0 saturated carbocycles. The van der Waals surface area contributed by atoms with Gasteiger partial charge in [-0.1, -0.05) is 30.3 Å². The van der Waals surface area contributed by atoms with Gasteiger partial charge in [-0.05, 0) is 29.8 Å². The fourth-order valence-electron chi connectivity index (χ4n) is 2.99. The Labute approximate surface area is 160 Å². The zero-order chi connectivity index (χ0) is 19.5. The molecule has 1 aliphatic heterocycles. The molecule has 2 heterocycles. The Hall–Kier alpha value is -3.61. The number of halogens is 1. The van der Waals surface area contributed by atoms with Gasteiger partial charge in [-0.3, -0.25) is 14.6 Å². The zero-order valence-corrected chi connectivity index (χ0v) is 14.9. The van der Waals surface area contributed by atoms with E-state index in [2.05, 4.69) is 15.4 Å². The van der Waals surface area contributed by atoms with Gasteiger partial charge in [0.15, 0.2) is 0 Å². The first-order valence-electron chi connectivity index (χ1n) is 8.87. The van der Waals surface area contributed by atoms with E-state index in [1.54, 1.807) is 18.3 Å². The first kappa shape index (κ1) is 17.8. The van der Waals surface area contributed by atoms with Crippen LogP contribution in [0.1, 0.15) is 18.4 Å². The van der Waals surface area contributed by atoms with E-state index in [0.717, 1.165) is 16.5 Å². The van der Waals surface area contributed by atoms with E-state index in [1.165, 1.54) is 17.1 Å². The van der Waals surface area contributed by atoms with Gasteiger partial charge in [0.05, 0.1) is 23.9 Å². The second kappa shape index (κ2) is 7.56. The topological polar surface area (TPSA) is 74.7 Å². The highest BCUT2D eigenvalue weighted by Crippen LogP contribution is 2.18. The number of fused-ring (bicyclic) bond motifs is 1. The number of hydrogen-bond donors (Lipinski definition) is 1. The van der Waals surface area contributed by atoms with Crippen molar-refractivity contribution >= 4 is 34.1 Å². The minimum absolute atomic E-state index is 0.173. The Morgan fingerprint density at radius 3 is 2.71 bits per heavy atom. The molecular weight excluding hydrogens is 359 g/mol. The second-order valence-corrected chi connectivity index (χ2v) is 6.50. The molecule has 2 amide bonds. The lowest BCUT2D eigenvalue weighted by Crippen LogP contribution is -2.36. The average molecular weight is 376 g/mol. The molecule has 7 heteroatoms. The number of hydrazone groups is 1. The minimum atomic E-state index is -0.367. The van der Waals surface area contributed by atoms with Crippen LogP contribution in [0.5, 0.6) is 0 Å². The van der Waals surface area contributed by atoms with Crippen LogP contribution >= 0.6 is 0 Å². The number of carbonyl (C=O) groups excluding carboxylic acids is 2. The molecule has 0 atom stereocenters. The van der Waals surface area contributed by atoms with Crippen molar-refractivity contribution in [3.05, 3.63) is 72.2 Å². The largest absolute Gasteiger partial charge is 0.319 e. The van der Waals surface area contributed by atoms with E-state index in [9.17, 15) is 14.0 Å². The van der Waals surface area contributed by atoms with Crippen LogP contribution in [0.3, 0.4) is 0 Å². The molecule has 0 radical (unpaired) electrons. The lowest BCUT2D eigenvalue weighted by atomic mass is 10.1. The molecule has 1 N–H and O–H groups in total. The molecular formula is C21H17FN4O2. The first-order valence-corrected chi connectivity index (χ1v) is 8.87. The van der Waals surface area contributed by atoms with Crippen LogP contribution in [0.2, 0.25) is 0 Å². The van der Waals surface area contributed by atoms with Crippen molar-refractivity contribution in [1.29, 1.82) is 0 Å². The summed E-state index contributed by atoms with van der Waals surface area (Å²) in [6.45, 7) is 0.188. The number of pyridine rings is 1. The van der Waals surface area contributed by atoms with Crippen LogP contribution in [0.15, 0.2) is 65.9 Å². The summed E-state index contributed by atoms with van der Waals surface area (Å²) in [6.07, 6.45) is 2.06. The highest BCUT2D eigenvalue weighted by molar-refractivity contribution is 6.43. The van der Waals surface area contributed by atoms with Crippen molar-refractivity contribution in [3.63, 3.8) is 0 Å². The number of aromatic nitrogens is 1. The normalized spacial score (nSPS) is 14.1. The summed E-state index contributed by atoms with van der Waals surface area (Å²) in [5.74, 6) is -0.886. The lowest BCUT2D eigenvalue weighted by molar-refractivity contribution is -0.132.